The minimum absolute atomic E-state index is 0.168. The number of nitrogens with one attached hydrogen (secondary N) is 1. The SMILES string of the molecule is O=C(Nc1cccc(C(F)(F)F)c1)C1CCCN(Cc2cccc(Cl)c2)C1. The molecule has 1 aliphatic heterocycles. The maximum Gasteiger partial charge on any atom is 0.416 e. The van der Waals surface area contributed by atoms with Crippen molar-refractivity contribution in [2.24, 2.45) is 5.92 Å². The smallest absolute Gasteiger partial charge is 0.326 e. The molecule has 1 saturated heterocycles. The van der Waals surface area contributed by atoms with Gasteiger partial charge >= 0.3 is 6.18 Å². The first-order valence-electron chi connectivity index (χ1n) is 8.76. The van der Waals surface area contributed by atoms with Gasteiger partial charge in [-0.25, -0.2) is 0 Å². The molecule has 1 fully saturated rings. The number of piperidine rings is 1. The zero-order valence-electron chi connectivity index (χ0n) is 14.6. The molecule has 1 unspecified atom stereocenters. The lowest BCUT2D eigenvalue weighted by Gasteiger charge is -2.32. The average Bonchev–Trinajstić information content (AvgIpc) is 2.61. The van der Waals surface area contributed by atoms with Crippen LogP contribution in [-0.2, 0) is 17.5 Å². The molecular formula is C20H20ClF3N2O. The van der Waals surface area contributed by atoms with Crippen LogP contribution in [0.25, 0.3) is 0 Å². The molecule has 2 aromatic rings. The number of amides is 1. The van der Waals surface area contributed by atoms with Gasteiger partial charge in [0.1, 0.15) is 0 Å². The van der Waals surface area contributed by atoms with E-state index < -0.39 is 11.7 Å². The van der Waals surface area contributed by atoms with E-state index in [1.54, 1.807) is 0 Å². The van der Waals surface area contributed by atoms with Crippen LogP contribution in [0.3, 0.4) is 0 Å². The van der Waals surface area contributed by atoms with Crippen LogP contribution in [0.1, 0.15) is 24.0 Å². The molecule has 3 rings (SSSR count). The Morgan fingerprint density at radius 3 is 2.70 bits per heavy atom. The van der Waals surface area contributed by atoms with Crippen molar-refractivity contribution in [1.82, 2.24) is 4.90 Å². The first-order valence-corrected chi connectivity index (χ1v) is 9.14. The van der Waals surface area contributed by atoms with E-state index in [0.29, 0.717) is 18.1 Å². The highest BCUT2D eigenvalue weighted by Gasteiger charge is 2.31. The highest BCUT2D eigenvalue weighted by Crippen LogP contribution is 2.31. The maximum absolute atomic E-state index is 12.8. The summed E-state index contributed by atoms with van der Waals surface area (Å²) < 4.78 is 38.5. The minimum atomic E-state index is -4.43. The summed E-state index contributed by atoms with van der Waals surface area (Å²) in [7, 11) is 0. The molecule has 2 aromatic carbocycles. The van der Waals surface area contributed by atoms with Crippen LogP contribution < -0.4 is 5.32 Å². The molecule has 0 bridgehead atoms. The third-order valence-electron chi connectivity index (χ3n) is 4.63. The zero-order chi connectivity index (χ0) is 19.4. The van der Waals surface area contributed by atoms with Crippen molar-refractivity contribution in [2.75, 3.05) is 18.4 Å². The molecule has 7 heteroatoms. The Hall–Kier alpha value is -2.05. The summed E-state index contributed by atoms with van der Waals surface area (Å²) >= 11 is 6.01. The molecule has 0 aliphatic carbocycles. The lowest BCUT2D eigenvalue weighted by Crippen LogP contribution is -2.40. The molecule has 1 heterocycles. The summed E-state index contributed by atoms with van der Waals surface area (Å²) in [5.41, 5.74) is 0.467. The second-order valence-corrected chi connectivity index (χ2v) is 7.21. The third kappa shape index (κ3) is 5.47. The van der Waals surface area contributed by atoms with Gasteiger partial charge in [-0.1, -0.05) is 29.8 Å². The number of hydrogen-bond donors (Lipinski definition) is 1. The molecule has 3 nitrogen and oxygen atoms in total. The molecule has 0 saturated carbocycles. The third-order valence-corrected chi connectivity index (χ3v) is 4.86. The van der Waals surface area contributed by atoms with Crippen LogP contribution in [0.5, 0.6) is 0 Å². The number of carbonyl (C=O) groups excluding carboxylic acids is 1. The topological polar surface area (TPSA) is 32.3 Å². The van der Waals surface area contributed by atoms with Crippen molar-refractivity contribution in [1.29, 1.82) is 0 Å². The normalized spacial score (nSPS) is 18.3. The van der Waals surface area contributed by atoms with Gasteiger partial charge < -0.3 is 5.32 Å². The Bertz CT molecular complexity index is 810. The van der Waals surface area contributed by atoms with Gasteiger partial charge in [0.25, 0.3) is 0 Å². The Morgan fingerprint density at radius 2 is 1.96 bits per heavy atom. The molecule has 1 atom stereocenters. The number of rotatable bonds is 4. The van der Waals surface area contributed by atoms with Crippen LogP contribution in [0.2, 0.25) is 5.02 Å². The predicted molar refractivity (Wildman–Crippen MR) is 99.5 cm³/mol. The fourth-order valence-electron chi connectivity index (χ4n) is 3.32. The first kappa shape index (κ1) is 19.7. The van der Waals surface area contributed by atoms with Crippen molar-refractivity contribution < 1.29 is 18.0 Å². The Morgan fingerprint density at radius 1 is 1.19 bits per heavy atom. The van der Waals surface area contributed by atoms with Crippen molar-refractivity contribution in [2.45, 2.75) is 25.6 Å². The summed E-state index contributed by atoms with van der Waals surface area (Å²) in [6.45, 7) is 2.13. The fraction of sp³-hybridized carbons (Fsp3) is 0.350. The number of nitrogens with zero attached hydrogens (tertiary/aromatic N) is 1. The van der Waals surface area contributed by atoms with Crippen LogP contribution in [0, 0.1) is 5.92 Å². The zero-order valence-corrected chi connectivity index (χ0v) is 15.4. The average molecular weight is 397 g/mol. The van der Waals surface area contributed by atoms with Gasteiger partial charge in [0.15, 0.2) is 0 Å². The molecule has 1 amide bonds. The highest BCUT2D eigenvalue weighted by atomic mass is 35.5. The predicted octanol–water partition coefficient (Wildman–Crippen LogP) is 5.21. The van der Waals surface area contributed by atoms with Gasteiger partial charge in [-0.15, -0.1) is 0 Å². The molecule has 1 aliphatic rings. The first-order chi connectivity index (χ1) is 12.8. The van der Waals surface area contributed by atoms with E-state index in [1.165, 1.54) is 12.1 Å². The van der Waals surface area contributed by atoms with Crippen LogP contribution in [0.15, 0.2) is 48.5 Å². The van der Waals surface area contributed by atoms with E-state index in [1.807, 2.05) is 24.3 Å². The molecule has 27 heavy (non-hydrogen) atoms. The van der Waals surface area contributed by atoms with Gasteiger partial charge in [-0.3, -0.25) is 9.69 Å². The summed E-state index contributed by atoms with van der Waals surface area (Å²) in [5.74, 6) is -0.502. The van der Waals surface area contributed by atoms with E-state index >= 15 is 0 Å². The number of anilines is 1. The number of likely N-dealkylation sites (tertiary alicyclic amines) is 1. The highest BCUT2D eigenvalue weighted by molar-refractivity contribution is 6.30. The molecule has 0 aromatic heterocycles. The second-order valence-electron chi connectivity index (χ2n) is 6.77. The van der Waals surface area contributed by atoms with Crippen molar-refractivity contribution in [3.05, 3.63) is 64.7 Å². The van der Waals surface area contributed by atoms with Crippen LogP contribution in [-0.4, -0.2) is 23.9 Å². The van der Waals surface area contributed by atoms with Crippen molar-refractivity contribution in [3.8, 4) is 0 Å². The minimum Gasteiger partial charge on any atom is -0.326 e. The summed E-state index contributed by atoms with van der Waals surface area (Å²) in [6.07, 6.45) is -2.85. The standard InChI is InChI=1S/C20H20ClF3N2O/c21-17-7-1-4-14(10-17)12-26-9-3-5-15(13-26)19(27)25-18-8-2-6-16(11-18)20(22,23)24/h1-2,4,6-8,10-11,15H,3,5,9,12-13H2,(H,25,27). The van der Waals surface area contributed by atoms with Crippen molar-refractivity contribution >= 4 is 23.2 Å². The van der Waals surface area contributed by atoms with E-state index in [4.69, 9.17) is 11.6 Å². The molecule has 1 N–H and O–H groups in total. The van der Waals surface area contributed by atoms with Gasteiger partial charge in [0.2, 0.25) is 5.91 Å². The summed E-state index contributed by atoms with van der Waals surface area (Å²) in [4.78, 5) is 14.7. The summed E-state index contributed by atoms with van der Waals surface area (Å²) in [6, 6.07) is 12.3. The van der Waals surface area contributed by atoms with Crippen LogP contribution in [0.4, 0.5) is 18.9 Å². The number of hydrogen-bond acceptors (Lipinski definition) is 2. The Kier molecular flexibility index (Phi) is 6.07. The largest absolute Gasteiger partial charge is 0.416 e. The van der Waals surface area contributed by atoms with E-state index in [2.05, 4.69) is 10.2 Å². The number of alkyl halides is 3. The fourth-order valence-corrected chi connectivity index (χ4v) is 3.54. The van der Waals surface area contributed by atoms with E-state index in [-0.39, 0.29) is 17.5 Å². The van der Waals surface area contributed by atoms with Gasteiger partial charge in [0, 0.05) is 23.8 Å². The van der Waals surface area contributed by atoms with E-state index in [0.717, 1.165) is 37.1 Å². The number of benzene rings is 2. The number of carbonyl (C=O) groups is 1. The molecule has 144 valence electrons. The van der Waals surface area contributed by atoms with Gasteiger partial charge in [0.05, 0.1) is 11.5 Å². The lowest BCUT2D eigenvalue weighted by molar-refractivity contribution is -0.137. The second kappa shape index (κ2) is 8.31. The van der Waals surface area contributed by atoms with Gasteiger partial charge in [-0.2, -0.15) is 13.2 Å². The lowest BCUT2D eigenvalue weighted by atomic mass is 9.96. The number of halogens is 4. The molecule has 0 spiro atoms. The maximum atomic E-state index is 12.8. The van der Waals surface area contributed by atoms with Crippen molar-refractivity contribution in [3.63, 3.8) is 0 Å². The Balaban J connectivity index is 1.61. The molecular weight excluding hydrogens is 377 g/mol. The Labute approximate surface area is 161 Å². The van der Waals surface area contributed by atoms with E-state index in [9.17, 15) is 18.0 Å². The monoisotopic (exact) mass is 396 g/mol. The van der Waals surface area contributed by atoms with Gasteiger partial charge in [-0.05, 0) is 55.3 Å². The quantitative estimate of drug-likeness (QED) is 0.769. The molecule has 0 radical (unpaired) electrons. The van der Waals surface area contributed by atoms with Crippen LogP contribution >= 0.6 is 11.6 Å². The summed E-state index contributed by atoms with van der Waals surface area (Å²) in [5, 5.41) is 3.30.